The van der Waals surface area contributed by atoms with E-state index in [0.717, 1.165) is 17.9 Å². The molecular weight excluding hydrogens is 290 g/mol. The molecule has 0 atom stereocenters. The summed E-state index contributed by atoms with van der Waals surface area (Å²) in [4.78, 5) is 8.26. The second-order valence-corrected chi connectivity index (χ2v) is 4.75. The standard InChI is InChI=1S/C15H18ClN3O2/c1-20-9-8-17-10-12-13(16)4-2-5-14(12)21-11-15-18-6-3-7-19-15/h2-7,17H,8-11H2,1H3. The van der Waals surface area contributed by atoms with Crippen LogP contribution in [0.2, 0.25) is 5.02 Å². The molecule has 112 valence electrons. The summed E-state index contributed by atoms with van der Waals surface area (Å²) in [5.41, 5.74) is 0.922. The second kappa shape index (κ2) is 8.56. The third-order valence-electron chi connectivity index (χ3n) is 2.84. The highest BCUT2D eigenvalue weighted by Crippen LogP contribution is 2.26. The van der Waals surface area contributed by atoms with Crippen LogP contribution in [0.15, 0.2) is 36.7 Å². The Morgan fingerprint density at radius 1 is 1.19 bits per heavy atom. The lowest BCUT2D eigenvalue weighted by Gasteiger charge is -2.13. The lowest BCUT2D eigenvalue weighted by molar-refractivity contribution is 0.199. The molecule has 0 aliphatic heterocycles. The Morgan fingerprint density at radius 3 is 2.76 bits per heavy atom. The number of nitrogens with one attached hydrogen (secondary N) is 1. The van der Waals surface area contributed by atoms with Crippen LogP contribution in [0, 0.1) is 0 Å². The number of rotatable bonds is 8. The molecule has 2 rings (SSSR count). The van der Waals surface area contributed by atoms with Crippen LogP contribution < -0.4 is 10.1 Å². The molecule has 0 aliphatic rings. The summed E-state index contributed by atoms with van der Waals surface area (Å²) in [5, 5.41) is 3.93. The smallest absolute Gasteiger partial charge is 0.166 e. The predicted molar refractivity (Wildman–Crippen MR) is 81.4 cm³/mol. The minimum atomic E-state index is 0.312. The Bertz CT molecular complexity index is 552. The zero-order valence-corrected chi connectivity index (χ0v) is 12.6. The van der Waals surface area contributed by atoms with Crippen molar-refractivity contribution < 1.29 is 9.47 Å². The Kier molecular flexibility index (Phi) is 6.40. The van der Waals surface area contributed by atoms with Gasteiger partial charge in [0, 0.05) is 43.2 Å². The lowest BCUT2D eigenvalue weighted by Crippen LogP contribution is -2.19. The van der Waals surface area contributed by atoms with Crippen molar-refractivity contribution in [2.24, 2.45) is 0 Å². The Labute approximate surface area is 129 Å². The largest absolute Gasteiger partial charge is 0.485 e. The van der Waals surface area contributed by atoms with E-state index in [1.807, 2.05) is 18.2 Å². The van der Waals surface area contributed by atoms with Gasteiger partial charge in [-0.15, -0.1) is 0 Å². The first-order chi connectivity index (χ1) is 10.3. The van der Waals surface area contributed by atoms with Gasteiger partial charge in [-0.05, 0) is 18.2 Å². The van der Waals surface area contributed by atoms with Crippen molar-refractivity contribution >= 4 is 11.6 Å². The van der Waals surface area contributed by atoms with Gasteiger partial charge in [0.1, 0.15) is 12.4 Å². The topological polar surface area (TPSA) is 56.3 Å². The van der Waals surface area contributed by atoms with E-state index in [1.54, 1.807) is 25.6 Å². The Morgan fingerprint density at radius 2 is 2.00 bits per heavy atom. The summed E-state index contributed by atoms with van der Waals surface area (Å²) in [5.74, 6) is 1.37. The maximum absolute atomic E-state index is 6.24. The molecular formula is C15H18ClN3O2. The second-order valence-electron chi connectivity index (χ2n) is 4.34. The van der Waals surface area contributed by atoms with Crippen molar-refractivity contribution in [2.75, 3.05) is 20.3 Å². The first-order valence-corrected chi connectivity index (χ1v) is 7.05. The highest BCUT2D eigenvalue weighted by Gasteiger charge is 2.08. The third kappa shape index (κ3) is 4.97. The molecule has 6 heteroatoms. The number of hydrogen-bond donors (Lipinski definition) is 1. The number of nitrogens with zero attached hydrogens (tertiary/aromatic N) is 2. The summed E-state index contributed by atoms with van der Waals surface area (Å²) in [6.07, 6.45) is 3.38. The number of aromatic nitrogens is 2. The molecule has 1 aromatic carbocycles. The highest BCUT2D eigenvalue weighted by atomic mass is 35.5. The summed E-state index contributed by atoms with van der Waals surface area (Å²) >= 11 is 6.24. The minimum absolute atomic E-state index is 0.312. The molecule has 0 saturated heterocycles. The van der Waals surface area contributed by atoms with E-state index in [-0.39, 0.29) is 0 Å². The molecule has 0 amide bonds. The average Bonchev–Trinajstić information content (AvgIpc) is 2.52. The van der Waals surface area contributed by atoms with Crippen LogP contribution in [-0.2, 0) is 17.9 Å². The van der Waals surface area contributed by atoms with Crippen LogP contribution >= 0.6 is 11.6 Å². The molecule has 1 N–H and O–H groups in total. The molecule has 5 nitrogen and oxygen atoms in total. The lowest BCUT2D eigenvalue weighted by atomic mass is 10.2. The summed E-state index contributed by atoms with van der Waals surface area (Å²) < 4.78 is 10.8. The van der Waals surface area contributed by atoms with E-state index < -0.39 is 0 Å². The number of halogens is 1. The summed E-state index contributed by atoms with van der Waals surface area (Å²) in [7, 11) is 1.67. The molecule has 0 radical (unpaired) electrons. The molecule has 0 spiro atoms. The SMILES string of the molecule is COCCNCc1c(Cl)cccc1OCc1ncccn1. The predicted octanol–water partition coefficient (Wildman–Crippen LogP) is 2.45. The van der Waals surface area contributed by atoms with Gasteiger partial charge in [-0.3, -0.25) is 0 Å². The third-order valence-corrected chi connectivity index (χ3v) is 3.19. The van der Waals surface area contributed by atoms with Crippen LogP contribution in [0.4, 0.5) is 0 Å². The van der Waals surface area contributed by atoms with Crippen molar-refractivity contribution in [1.29, 1.82) is 0 Å². The summed E-state index contributed by atoms with van der Waals surface area (Å²) in [6, 6.07) is 7.37. The molecule has 21 heavy (non-hydrogen) atoms. The highest BCUT2D eigenvalue weighted by molar-refractivity contribution is 6.31. The fourth-order valence-electron chi connectivity index (χ4n) is 1.78. The maximum Gasteiger partial charge on any atom is 0.166 e. The zero-order valence-electron chi connectivity index (χ0n) is 11.9. The van der Waals surface area contributed by atoms with Crippen LogP contribution in [0.25, 0.3) is 0 Å². The van der Waals surface area contributed by atoms with Crippen LogP contribution in [-0.4, -0.2) is 30.2 Å². The molecule has 2 aromatic rings. The van der Waals surface area contributed by atoms with E-state index in [4.69, 9.17) is 21.1 Å². The first-order valence-electron chi connectivity index (χ1n) is 6.67. The quantitative estimate of drug-likeness (QED) is 0.759. The van der Waals surface area contributed by atoms with Gasteiger partial charge in [-0.25, -0.2) is 9.97 Å². The Balaban J connectivity index is 1.99. The van der Waals surface area contributed by atoms with Crippen LogP contribution in [0.3, 0.4) is 0 Å². The van der Waals surface area contributed by atoms with Crippen molar-refractivity contribution in [3.63, 3.8) is 0 Å². The summed E-state index contributed by atoms with van der Waals surface area (Å²) in [6.45, 7) is 2.34. The minimum Gasteiger partial charge on any atom is -0.485 e. The van der Waals surface area contributed by atoms with Gasteiger partial charge < -0.3 is 14.8 Å². The van der Waals surface area contributed by atoms with Gasteiger partial charge in [0.15, 0.2) is 5.82 Å². The number of ether oxygens (including phenoxy) is 2. The van der Waals surface area contributed by atoms with Crippen molar-refractivity contribution in [1.82, 2.24) is 15.3 Å². The molecule has 0 bridgehead atoms. The van der Waals surface area contributed by atoms with Gasteiger partial charge in [0.2, 0.25) is 0 Å². The van der Waals surface area contributed by atoms with Crippen molar-refractivity contribution in [2.45, 2.75) is 13.2 Å². The number of hydrogen-bond acceptors (Lipinski definition) is 5. The maximum atomic E-state index is 6.24. The molecule has 1 aromatic heterocycles. The normalized spacial score (nSPS) is 10.6. The van der Waals surface area contributed by atoms with E-state index in [2.05, 4.69) is 15.3 Å². The van der Waals surface area contributed by atoms with Gasteiger partial charge in [-0.2, -0.15) is 0 Å². The van der Waals surface area contributed by atoms with Crippen molar-refractivity contribution in [3.8, 4) is 5.75 Å². The monoisotopic (exact) mass is 307 g/mol. The molecule has 0 fully saturated rings. The first kappa shape index (κ1) is 15.7. The van der Waals surface area contributed by atoms with Gasteiger partial charge in [0.05, 0.1) is 6.61 Å². The molecule has 0 unspecified atom stereocenters. The van der Waals surface area contributed by atoms with Crippen LogP contribution in [0.1, 0.15) is 11.4 Å². The van der Waals surface area contributed by atoms with Gasteiger partial charge >= 0.3 is 0 Å². The molecule has 0 saturated carbocycles. The number of methoxy groups -OCH3 is 1. The molecule has 1 heterocycles. The molecule has 0 aliphatic carbocycles. The number of benzene rings is 1. The van der Waals surface area contributed by atoms with Gasteiger partial charge in [0.25, 0.3) is 0 Å². The average molecular weight is 308 g/mol. The van der Waals surface area contributed by atoms with Gasteiger partial charge in [-0.1, -0.05) is 17.7 Å². The zero-order chi connectivity index (χ0) is 14.9. The van der Waals surface area contributed by atoms with E-state index in [9.17, 15) is 0 Å². The van der Waals surface area contributed by atoms with E-state index in [1.165, 1.54) is 0 Å². The van der Waals surface area contributed by atoms with E-state index >= 15 is 0 Å². The Hall–Kier alpha value is -1.69. The fraction of sp³-hybridized carbons (Fsp3) is 0.333. The van der Waals surface area contributed by atoms with E-state index in [0.29, 0.717) is 30.6 Å². The van der Waals surface area contributed by atoms with Crippen LogP contribution in [0.5, 0.6) is 5.75 Å². The fourth-order valence-corrected chi connectivity index (χ4v) is 2.01. The van der Waals surface area contributed by atoms with Crippen molar-refractivity contribution in [3.05, 3.63) is 53.1 Å².